The lowest BCUT2D eigenvalue weighted by molar-refractivity contribution is 0.189. The van der Waals surface area contributed by atoms with Crippen molar-refractivity contribution in [1.82, 2.24) is 14.9 Å². The van der Waals surface area contributed by atoms with Gasteiger partial charge in [-0.2, -0.15) is 4.98 Å². The summed E-state index contributed by atoms with van der Waals surface area (Å²) < 4.78 is 31.5. The van der Waals surface area contributed by atoms with Crippen molar-refractivity contribution in [3.8, 4) is 5.75 Å². The Morgan fingerprint density at radius 1 is 1.32 bits per heavy atom. The second-order valence-electron chi connectivity index (χ2n) is 9.84. The van der Waals surface area contributed by atoms with E-state index in [2.05, 4.69) is 56.6 Å². The van der Waals surface area contributed by atoms with Gasteiger partial charge in [-0.05, 0) is 63.9 Å². The highest BCUT2D eigenvalue weighted by molar-refractivity contribution is 7.95. The average Bonchev–Trinajstić information content (AvgIpc) is 3.64. The molecule has 0 amide bonds. The fraction of sp³-hybridized carbons (Fsp3) is 0.480. The number of nitrogens with one attached hydrogen (secondary N) is 2. The first kappa shape index (κ1) is 27.2. The normalized spacial score (nSPS) is 17.6. The van der Waals surface area contributed by atoms with Crippen LogP contribution in [0.4, 0.5) is 17.5 Å². The van der Waals surface area contributed by atoms with E-state index in [4.69, 9.17) is 22.1 Å². The first-order valence-corrected chi connectivity index (χ1v) is 14.1. The van der Waals surface area contributed by atoms with Crippen LogP contribution in [-0.2, 0) is 9.84 Å². The minimum Gasteiger partial charge on any atom is -0.488 e. The van der Waals surface area contributed by atoms with Gasteiger partial charge in [0.05, 0.1) is 28.9 Å². The number of allylic oxidation sites excluding steroid dienone is 1. The number of hydrogen-bond donors (Lipinski definition) is 3. The average molecular weight is 548 g/mol. The number of nitrogens with zero attached hydrogens (tertiary/aromatic N) is 4. The molecule has 1 saturated carbocycles. The molecule has 1 aromatic carbocycles. The summed E-state index contributed by atoms with van der Waals surface area (Å²) in [6.07, 6.45) is 5.04. The molecule has 4 N–H and O–H groups in total. The van der Waals surface area contributed by atoms with Crippen LogP contribution in [0.1, 0.15) is 43.7 Å². The number of likely N-dealkylation sites (tertiary alicyclic amines) is 1. The Balaban J connectivity index is 1.65. The van der Waals surface area contributed by atoms with Gasteiger partial charge in [0.25, 0.3) is 0 Å². The number of hydrogen-bond acceptors (Lipinski definition) is 10. The molecule has 12 heteroatoms. The van der Waals surface area contributed by atoms with Gasteiger partial charge in [0.15, 0.2) is 20.7 Å². The number of aliphatic imine (C=N–C) groups is 1. The van der Waals surface area contributed by atoms with E-state index in [1.807, 2.05) is 0 Å². The summed E-state index contributed by atoms with van der Waals surface area (Å²) >= 11 is 6.35. The van der Waals surface area contributed by atoms with Gasteiger partial charge in [-0.3, -0.25) is 4.99 Å². The quantitative estimate of drug-likeness (QED) is 0.379. The number of aryl methyl sites for hydroxylation is 1. The third-order valence-corrected chi connectivity index (χ3v) is 8.74. The smallest absolute Gasteiger partial charge is 0.229 e. The summed E-state index contributed by atoms with van der Waals surface area (Å²) in [5, 5.41) is 5.31. The predicted octanol–water partition coefficient (Wildman–Crippen LogP) is 3.82. The Morgan fingerprint density at radius 3 is 2.62 bits per heavy atom. The third-order valence-electron chi connectivity index (χ3n) is 6.38. The van der Waals surface area contributed by atoms with E-state index in [0.717, 1.165) is 42.9 Å². The predicted molar refractivity (Wildman–Crippen MR) is 149 cm³/mol. The molecule has 10 nitrogen and oxygen atoms in total. The van der Waals surface area contributed by atoms with Crippen LogP contribution < -0.4 is 21.1 Å². The maximum atomic E-state index is 12.6. The lowest BCUT2D eigenvalue weighted by Crippen LogP contribution is -2.42. The number of anilines is 3. The van der Waals surface area contributed by atoms with E-state index in [0.29, 0.717) is 5.92 Å². The molecule has 200 valence electrons. The van der Waals surface area contributed by atoms with Crippen LogP contribution in [0.15, 0.2) is 34.0 Å². The number of benzene rings is 1. The second kappa shape index (κ2) is 10.8. The van der Waals surface area contributed by atoms with Crippen molar-refractivity contribution in [2.75, 3.05) is 37.8 Å². The molecule has 1 aliphatic carbocycles. The van der Waals surface area contributed by atoms with Crippen LogP contribution in [0.5, 0.6) is 5.75 Å². The summed E-state index contributed by atoms with van der Waals surface area (Å²) in [4.78, 5) is 15.0. The molecule has 1 saturated heterocycles. The lowest BCUT2D eigenvalue weighted by atomic mass is 9.88. The number of sulfone groups is 1. The van der Waals surface area contributed by atoms with Crippen molar-refractivity contribution in [2.24, 2.45) is 10.7 Å². The summed E-state index contributed by atoms with van der Waals surface area (Å²) in [5.41, 5.74) is 9.28. The SMILES string of the molecule is CN=CC(Nc1nc(Nc2cc(C)c(C3CN(C)C3)cc2OC2CC2)ncc1Cl)=C(N)S(=O)(=O)C(C)C. The topological polar surface area (TPSA) is 135 Å². The van der Waals surface area contributed by atoms with E-state index >= 15 is 0 Å². The van der Waals surface area contributed by atoms with Crippen LogP contribution in [0.25, 0.3) is 0 Å². The first-order valence-electron chi connectivity index (χ1n) is 12.2. The monoisotopic (exact) mass is 547 g/mol. The largest absolute Gasteiger partial charge is 0.488 e. The fourth-order valence-corrected chi connectivity index (χ4v) is 5.11. The Labute approximate surface area is 223 Å². The summed E-state index contributed by atoms with van der Waals surface area (Å²) in [7, 11) is -0.105. The molecule has 1 aromatic heterocycles. The van der Waals surface area contributed by atoms with Gasteiger partial charge in [-0.15, -0.1) is 0 Å². The van der Waals surface area contributed by atoms with E-state index in [9.17, 15) is 8.42 Å². The second-order valence-corrected chi connectivity index (χ2v) is 12.7. The van der Waals surface area contributed by atoms with Gasteiger partial charge < -0.3 is 26.0 Å². The van der Waals surface area contributed by atoms with Crippen LogP contribution >= 0.6 is 11.6 Å². The Bertz CT molecular complexity index is 1330. The molecule has 2 aromatic rings. The van der Waals surface area contributed by atoms with E-state index in [-0.39, 0.29) is 33.6 Å². The maximum absolute atomic E-state index is 12.6. The molecular formula is C25H34ClN7O3S. The summed E-state index contributed by atoms with van der Waals surface area (Å²) in [6, 6.07) is 4.18. The molecule has 0 atom stereocenters. The molecule has 4 rings (SSSR count). The Hall–Kier alpha value is -2.89. The van der Waals surface area contributed by atoms with Crippen molar-refractivity contribution in [2.45, 2.75) is 50.9 Å². The number of likely N-dealkylation sites (N-methyl/N-ethyl adjacent to an activating group) is 1. The minimum absolute atomic E-state index is 0.0752. The van der Waals surface area contributed by atoms with Gasteiger partial charge >= 0.3 is 0 Å². The molecule has 2 fully saturated rings. The first-order chi connectivity index (χ1) is 17.5. The zero-order valence-corrected chi connectivity index (χ0v) is 23.3. The van der Waals surface area contributed by atoms with Crippen LogP contribution in [0, 0.1) is 6.92 Å². The van der Waals surface area contributed by atoms with Crippen molar-refractivity contribution < 1.29 is 13.2 Å². The van der Waals surface area contributed by atoms with Crippen molar-refractivity contribution in [3.05, 3.63) is 45.2 Å². The number of rotatable bonds is 10. The standard InChI is InChI=1S/C25H34ClN7O3S/c1-14(2)37(34,35)23(27)21(11-28-4)30-24-19(26)10-29-25(32-24)31-20-8-15(3)18(16-12-33(5)13-16)9-22(20)36-17-6-7-17/h8-11,14,16-17H,6-7,12-13,27H2,1-5H3,(H2,29,30,31,32). The zero-order chi connectivity index (χ0) is 26.9. The number of nitrogens with two attached hydrogens (primary N) is 1. The highest BCUT2D eigenvalue weighted by atomic mass is 35.5. The number of halogens is 1. The van der Waals surface area contributed by atoms with Crippen LogP contribution in [0.2, 0.25) is 5.02 Å². The van der Waals surface area contributed by atoms with Crippen molar-refractivity contribution in [1.29, 1.82) is 0 Å². The van der Waals surface area contributed by atoms with Gasteiger partial charge in [0, 0.05) is 32.3 Å². The molecule has 2 heterocycles. The lowest BCUT2D eigenvalue weighted by Gasteiger charge is -2.37. The molecule has 1 aliphatic heterocycles. The third kappa shape index (κ3) is 6.16. The molecule has 0 radical (unpaired) electrons. The van der Waals surface area contributed by atoms with Crippen LogP contribution in [0.3, 0.4) is 0 Å². The molecule has 0 bridgehead atoms. The minimum atomic E-state index is -3.74. The van der Waals surface area contributed by atoms with E-state index in [1.54, 1.807) is 13.8 Å². The molecule has 0 spiro atoms. The van der Waals surface area contributed by atoms with E-state index in [1.165, 1.54) is 25.0 Å². The van der Waals surface area contributed by atoms with Gasteiger partial charge in [0.1, 0.15) is 10.8 Å². The highest BCUT2D eigenvalue weighted by Crippen LogP contribution is 2.39. The molecule has 2 aliphatic rings. The number of ether oxygens (including phenoxy) is 1. The molecule has 0 unspecified atom stereocenters. The fourth-order valence-electron chi connectivity index (χ4n) is 4.06. The molecule has 37 heavy (non-hydrogen) atoms. The number of aromatic nitrogens is 2. The maximum Gasteiger partial charge on any atom is 0.229 e. The van der Waals surface area contributed by atoms with Gasteiger partial charge in [-0.25, -0.2) is 13.4 Å². The zero-order valence-electron chi connectivity index (χ0n) is 21.7. The van der Waals surface area contributed by atoms with Crippen LogP contribution in [-0.4, -0.2) is 68.0 Å². The Kier molecular flexibility index (Phi) is 7.96. The van der Waals surface area contributed by atoms with E-state index < -0.39 is 15.1 Å². The van der Waals surface area contributed by atoms with Gasteiger partial charge in [-0.1, -0.05) is 11.6 Å². The van der Waals surface area contributed by atoms with Crippen molar-refractivity contribution in [3.63, 3.8) is 0 Å². The highest BCUT2D eigenvalue weighted by Gasteiger charge is 2.30. The van der Waals surface area contributed by atoms with Crippen molar-refractivity contribution >= 4 is 45.1 Å². The van der Waals surface area contributed by atoms with Gasteiger partial charge in [0.2, 0.25) is 5.95 Å². The summed E-state index contributed by atoms with van der Waals surface area (Å²) in [5.74, 6) is 1.70. The molecular weight excluding hydrogens is 514 g/mol. The summed E-state index contributed by atoms with van der Waals surface area (Å²) in [6.45, 7) is 7.26. The Morgan fingerprint density at radius 2 is 2.03 bits per heavy atom.